The summed E-state index contributed by atoms with van der Waals surface area (Å²) in [6.45, 7) is 14.1. The van der Waals surface area contributed by atoms with E-state index in [0.717, 1.165) is 36.6 Å². The molecule has 114 valence electrons. The van der Waals surface area contributed by atoms with Crippen molar-refractivity contribution in [2.45, 2.75) is 72.1 Å². The molecule has 3 nitrogen and oxygen atoms in total. The van der Waals surface area contributed by atoms with E-state index in [1.54, 1.807) is 0 Å². The first-order valence-corrected chi connectivity index (χ1v) is 7.92. The largest absolute Gasteiger partial charge is 0.463 e. The van der Waals surface area contributed by atoms with Gasteiger partial charge in [-0.3, -0.25) is 4.90 Å². The van der Waals surface area contributed by atoms with Gasteiger partial charge >= 0.3 is 0 Å². The van der Waals surface area contributed by atoms with Gasteiger partial charge in [-0.2, -0.15) is 0 Å². The number of furan rings is 1. The van der Waals surface area contributed by atoms with Crippen LogP contribution in [0.4, 0.5) is 0 Å². The van der Waals surface area contributed by atoms with Gasteiger partial charge in [0.2, 0.25) is 0 Å². The molecule has 1 saturated heterocycles. The van der Waals surface area contributed by atoms with Crippen LogP contribution in [0.25, 0.3) is 0 Å². The average molecular weight is 278 g/mol. The van der Waals surface area contributed by atoms with Crippen molar-refractivity contribution in [2.75, 3.05) is 6.54 Å². The summed E-state index contributed by atoms with van der Waals surface area (Å²) in [5.74, 6) is 2.87. The second kappa shape index (κ2) is 6.31. The van der Waals surface area contributed by atoms with Gasteiger partial charge in [-0.25, -0.2) is 0 Å². The van der Waals surface area contributed by atoms with Gasteiger partial charge < -0.3 is 9.73 Å². The third-order valence-electron chi connectivity index (χ3n) is 4.05. The van der Waals surface area contributed by atoms with Gasteiger partial charge in [0.05, 0.1) is 13.1 Å². The van der Waals surface area contributed by atoms with E-state index in [-0.39, 0.29) is 5.54 Å². The number of nitrogens with one attached hydrogen (secondary N) is 1. The predicted octanol–water partition coefficient (Wildman–Crippen LogP) is 3.79. The molecule has 2 rings (SSSR count). The van der Waals surface area contributed by atoms with E-state index < -0.39 is 0 Å². The SMILES string of the molecule is CC(C)C1CCCN1Cc1ccc(CNC(C)(C)C)o1. The minimum atomic E-state index is 0.130. The topological polar surface area (TPSA) is 28.4 Å². The van der Waals surface area contributed by atoms with Crippen LogP contribution in [0.2, 0.25) is 0 Å². The van der Waals surface area contributed by atoms with E-state index in [4.69, 9.17) is 4.42 Å². The van der Waals surface area contributed by atoms with E-state index in [9.17, 15) is 0 Å². The van der Waals surface area contributed by atoms with Crippen LogP contribution in [0.3, 0.4) is 0 Å². The van der Waals surface area contributed by atoms with E-state index >= 15 is 0 Å². The standard InChI is InChI=1S/C17H30N2O/c1-13(2)16-7-6-10-19(16)12-15-9-8-14(20-15)11-18-17(3,4)5/h8-9,13,16,18H,6-7,10-12H2,1-5H3. The van der Waals surface area contributed by atoms with Crippen molar-refractivity contribution >= 4 is 0 Å². The molecule has 1 aliphatic rings. The molecule has 0 saturated carbocycles. The van der Waals surface area contributed by atoms with E-state index in [1.165, 1.54) is 19.4 Å². The number of rotatable bonds is 5. The molecule has 0 spiro atoms. The molecule has 3 heteroatoms. The van der Waals surface area contributed by atoms with Gasteiger partial charge in [-0.05, 0) is 58.2 Å². The van der Waals surface area contributed by atoms with Crippen LogP contribution in [0.1, 0.15) is 59.0 Å². The Morgan fingerprint density at radius 1 is 1.30 bits per heavy atom. The fraction of sp³-hybridized carbons (Fsp3) is 0.765. The van der Waals surface area contributed by atoms with Gasteiger partial charge in [0.25, 0.3) is 0 Å². The summed E-state index contributed by atoms with van der Waals surface area (Å²) in [4.78, 5) is 2.57. The van der Waals surface area contributed by atoms with Gasteiger partial charge in [-0.1, -0.05) is 13.8 Å². The van der Waals surface area contributed by atoms with Crippen molar-refractivity contribution in [1.29, 1.82) is 0 Å². The van der Waals surface area contributed by atoms with Crippen LogP contribution >= 0.6 is 0 Å². The van der Waals surface area contributed by atoms with Gasteiger partial charge in [0, 0.05) is 11.6 Å². The zero-order valence-electron chi connectivity index (χ0n) is 13.7. The first kappa shape index (κ1) is 15.6. The molecule has 20 heavy (non-hydrogen) atoms. The maximum Gasteiger partial charge on any atom is 0.118 e. The minimum Gasteiger partial charge on any atom is -0.463 e. The Bertz CT molecular complexity index is 417. The summed E-state index contributed by atoms with van der Waals surface area (Å²) in [5, 5.41) is 3.46. The lowest BCUT2D eigenvalue weighted by molar-refractivity contribution is 0.183. The van der Waals surface area contributed by atoms with Crippen LogP contribution < -0.4 is 5.32 Å². The number of hydrogen-bond donors (Lipinski definition) is 1. The van der Waals surface area contributed by atoms with E-state index in [2.05, 4.69) is 57.0 Å². The van der Waals surface area contributed by atoms with Crippen LogP contribution in [0.5, 0.6) is 0 Å². The zero-order chi connectivity index (χ0) is 14.8. The Kier molecular flexibility index (Phi) is 4.92. The Balaban J connectivity index is 1.89. The van der Waals surface area contributed by atoms with Crippen molar-refractivity contribution in [3.8, 4) is 0 Å². The maximum absolute atomic E-state index is 5.96. The first-order valence-electron chi connectivity index (χ1n) is 7.92. The fourth-order valence-electron chi connectivity index (χ4n) is 2.96. The fourth-order valence-corrected chi connectivity index (χ4v) is 2.96. The molecule has 0 amide bonds. The first-order chi connectivity index (χ1) is 9.35. The Morgan fingerprint density at radius 3 is 2.65 bits per heavy atom. The number of likely N-dealkylation sites (tertiary alicyclic amines) is 1. The normalized spacial score (nSPS) is 21.0. The Hall–Kier alpha value is -0.800. The molecule has 1 aliphatic heterocycles. The second-order valence-electron chi connectivity index (χ2n) is 7.40. The quantitative estimate of drug-likeness (QED) is 0.888. The molecule has 0 radical (unpaired) electrons. The lowest BCUT2D eigenvalue weighted by Crippen LogP contribution is -2.34. The van der Waals surface area contributed by atoms with Crippen molar-refractivity contribution in [3.63, 3.8) is 0 Å². The minimum absolute atomic E-state index is 0.130. The smallest absolute Gasteiger partial charge is 0.118 e. The van der Waals surface area contributed by atoms with E-state index in [0.29, 0.717) is 0 Å². The molecular formula is C17H30N2O. The predicted molar refractivity (Wildman–Crippen MR) is 83.6 cm³/mol. The molecule has 2 heterocycles. The van der Waals surface area contributed by atoms with E-state index in [1.807, 2.05) is 0 Å². The average Bonchev–Trinajstić information content (AvgIpc) is 2.95. The number of hydrogen-bond acceptors (Lipinski definition) is 3. The molecule has 0 bridgehead atoms. The molecule has 0 aromatic carbocycles. The molecule has 1 atom stereocenters. The molecule has 1 aromatic heterocycles. The van der Waals surface area contributed by atoms with Crippen molar-refractivity contribution < 1.29 is 4.42 Å². The van der Waals surface area contributed by atoms with Gasteiger partial charge in [0.15, 0.2) is 0 Å². The highest BCUT2D eigenvalue weighted by Gasteiger charge is 2.27. The summed E-state index contributed by atoms with van der Waals surface area (Å²) in [6.07, 6.45) is 2.65. The molecule has 1 fully saturated rings. The third kappa shape index (κ3) is 4.35. The summed E-state index contributed by atoms with van der Waals surface area (Å²) < 4.78 is 5.96. The van der Waals surface area contributed by atoms with Crippen LogP contribution in [0, 0.1) is 5.92 Å². The third-order valence-corrected chi connectivity index (χ3v) is 4.05. The lowest BCUT2D eigenvalue weighted by Gasteiger charge is -2.26. The van der Waals surface area contributed by atoms with Gasteiger partial charge in [-0.15, -0.1) is 0 Å². The van der Waals surface area contributed by atoms with Crippen molar-refractivity contribution in [3.05, 3.63) is 23.7 Å². The van der Waals surface area contributed by atoms with Crippen LogP contribution in [-0.2, 0) is 13.1 Å². The summed E-state index contributed by atoms with van der Waals surface area (Å²) >= 11 is 0. The van der Waals surface area contributed by atoms with Crippen LogP contribution in [0.15, 0.2) is 16.5 Å². The molecule has 1 N–H and O–H groups in total. The molecule has 0 aliphatic carbocycles. The zero-order valence-corrected chi connectivity index (χ0v) is 13.7. The lowest BCUT2D eigenvalue weighted by atomic mass is 10.0. The monoisotopic (exact) mass is 278 g/mol. The maximum atomic E-state index is 5.96. The molecule has 1 unspecified atom stereocenters. The Morgan fingerprint density at radius 2 is 2.00 bits per heavy atom. The van der Waals surface area contributed by atoms with Crippen LogP contribution in [-0.4, -0.2) is 23.0 Å². The number of nitrogens with zero attached hydrogens (tertiary/aromatic N) is 1. The summed E-state index contributed by atoms with van der Waals surface area (Å²) in [6, 6.07) is 4.96. The molecular weight excluding hydrogens is 248 g/mol. The van der Waals surface area contributed by atoms with Gasteiger partial charge in [0.1, 0.15) is 11.5 Å². The van der Waals surface area contributed by atoms with Crippen molar-refractivity contribution in [1.82, 2.24) is 10.2 Å². The Labute approximate surface area is 123 Å². The summed E-state index contributed by atoms with van der Waals surface area (Å²) in [5.41, 5.74) is 0.130. The highest BCUT2D eigenvalue weighted by Crippen LogP contribution is 2.26. The van der Waals surface area contributed by atoms with Crippen molar-refractivity contribution in [2.24, 2.45) is 5.92 Å². The summed E-state index contributed by atoms with van der Waals surface area (Å²) in [7, 11) is 0. The highest BCUT2D eigenvalue weighted by molar-refractivity contribution is 5.08. The molecule has 1 aromatic rings. The highest BCUT2D eigenvalue weighted by atomic mass is 16.3. The second-order valence-corrected chi connectivity index (χ2v) is 7.40.